The van der Waals surface area contributed by atoms with Crippen LogP contribution in [-0.2, 0) is 4.79 Å². The number of carbonyl (C=O) groups is 1. The quantitative estimate of drug-likeness (QED) is 0.322. The van der Waals surface area contributed by atoms with Gasteiger partial charge in [-0.3, -0.25) is 4.79 Å². The van der Waals surface area contributed by atoms with Crippen molar-refractivity contribution in [2.75, 3.05) is 31.1 Å². The first kappa shape index (κ1) is 24.9. The fourth-order valence-electron chi connectivity index (χ4n) is 4.61. The van der Waals surface area contributed by atoms with Crippen LogP contribution in [0.5, 0.6) is 0 Å². The van der Waals surface area contributed by atoms with Crippen molar-refractivity contribution in [3.63, 3.8) is 0 Å². The Kier molecular flexibility index (Phi) is 7.51. The van der Waals surface area contributed by atoms with Crippen molar-refractivity contribution < 1.29 is 9.18 Å². The number of benzene rings is 3. The summed E-state index contributed by atoms with van der Waals surface area (Å²) in [7, 11) is 0. The highest BCUT2D eigenvalue weighted by Crippen LogP contribution is 2.40. The zero-order valence-corrected chi connectivity index (χ0v) is 21.4. The van der Waals surface area contributed by atoms with Crippen molar-refractivity contribution in [1.82, 2.24) is 14.9 Å². The molecule has 0 unspecified atom stereocenters. The SMILES string of the molecule is CC.CCC(=O)N1CCN(c2nc(C)nc3c(F)c(-c4cccc5ccccc45)c(Cl)cc23)CC1. The van der Waals surface area contributed by atoms with Crippen molar-refractivity contribution in [1.29, 1.82) is 0 Å². The number of rotatable bonds is 3. The third kappa shape index (κ3) is 4.67. The molecule has 1 amide bonds. The van der Waals surface area contributed by atoms with Crippen LogP contribution in [0.3, 0.4) is 0 Å². The van der Waals surface area contributed by atoms with E-state index >= 15 is 4.39 Å². The summed E-state index contributed by atoms with van der Waals surface area (Å²) in [5.41, 5.74) is 1.35. The molecule has 2 heterocycles. The lowest BCUT2D eigenvalue weighted by Crippen LogP contribution is -2.49. The lowest BCUT2D eigenvalue weighted by molar-refractivity contribution is -0.131. The minimum atomic E-state index is -0.444. The summed E-state index contributed by atoms with van der Waals surface area (Å²) in [6.07, 6.45) is 0.493. The van der Waals surface area contributed by atoms with Crippen LogP contribution in [0, 0.1) is 12.7 Å². The lowest BCUT2D eigenvalue weighted by atomic mass is 9.96. The van der Waals surface area contributed by atoms with Gasteiger partial charge in [0.15, 0.2) is 5.82 Å². The molecule has 1 fully saturated rings. The van der Waals surface area contributed by atoms with Crippen LogP contribution >= 0.6 is 11.6 Å². The van der Waals surface area contributed by atoms with E-state index in [2.05, 4.69) is 14.9 Å². The van der Waals surface area contributed by atoms with Crippen LogP contribution in [0.25, 0.3) is 32.8 Å². The predicted molar refractivity (Wildman–Crippen MR) is 143 cm³/mol. The number of hydrogen-bond donors (Lipinski definition) is 0. The summed E-state index contributed by atoms with van der Waals surface area (Å²) < 4.78 is 16.0. The summed E-state index contributed by atoms with van der Waals surface area (Å²) in [5, 5.41) is 2.86. The van der Waals surface area contributed by atoms with E-state index in [0.29, 0.717) is 60.2 Å². The van der Waals surface area contributed by atoms with E-state index in [1.165, 1.54) is 0 Å². The topological polar surface area (TPSA) is 49.3 Å². The number of nitrogens with zero attached hydrogens (tertiary/aromatic N) is 4. The molecule has 0 N–H and O–H groups in total. The first-order valence-electron chi connectivity index (χ1n) is 12.1. The average Bonchev–Trinajstić information content (AvgIpc) is 2.90. The maximum atomic E-state index is 16.0. The summed E-state index contributed by atoms with van der Waals surface area (Å²) in [6, 6.07) is 15.4. The van der Waals surface area contributed by atoms with Crippen LogP contribution < -0.4 is 4.90 Å². The van der Waals surface area contributed by atoms with Gasteiger partial charge in [0.25, 0.3) is 0 Å². The van der Waals surface area contributed by atoms with Gasteiger partial charge in [-0.25, -0.2) is 14.4 Å². The zero-order chi connectivity index (χ0) is 25.1. The number of fused-ring (bicyclic) bond motifs is 2. The maximum absolute atomic E-state index is 16.0. The van der Waals surface area contributed by atoms with Crippen LogP contribution in [-0.4, -0.2) is 47.0 Å². The first-order chi connectivity index (χ1) is 17.0. The van der Waals surface area contributed by atoms with Gasteiger partial charge in [0.05, 0.1) is 5.02 Å². The molecule has 0 spiro atoms. The number of piperazine rings is 1. The van der Waals surface area contributed by atoms with E-state index in [-0.39, 0.29) is 11.4 Å². The van der Waals surface area contributed by atoms with Gasteiger partial charge in [-0.05, 0) is 29.3 Å². The van der Waals surface area contributed by atoms with E-state index in [0.717, 1.165) is 16.3 Å². The van der Waals surface area contributed by atoms with Gasteiger partial charge in [-0.15, -0.1) is 0 Å². The molecule has 35 heavy (non-hydrogen) atoms. The minimum Gasteiger partial charge on any atom is -0.352 e. The number of anilines is 1. The van der Waals surface area contributed by atoms with Crippen molar-refractivity contribution >= 4 is 45.0 Å². The Morgan fingerprint density at radius 1 is 1.00 bits per heavy atom. The van der Waals surface area contributed by atoms with Crippen LogP contribution in [0.4, 0.5) is 10.2 Å². The van der Waals surface area contributed by atoms with Crippen molar-refractivity contribution in [3.8, 4) is 11.1 Å². The number of carbonyl (C=O) groups excluding carboxylic acids is 1. The molecule has 1 aliphatic rings. The van der Waals surface area contributed by atoms with Gasteiger partial charge < -0.3 is 9.80 Å². The number of amides is 1. The highest BCUT2D eigenvalue weighted by molar-refractivity contribution is 6.35. The van der Waals surface area contributed by atoms with Gasteiger partial charge in [0.2, 0.25) is 5.91 Å². The molecule has 1 aromatic heterocycles. The second-order valence-corrected chi connectivity index (χ2v) is 8.69. The molecule has 4 aromatic rings. The number of halogens is 2. The number of aromatic nitrogens is 2. The van der Waals surface area contributed by atoms with Gasteiger partial charge in [0, 0.05) is 43.5 Å². The smallest absolute Gasteiger partial charge is 0.222 e. The maximum Gasteiger partial charge on any atom is 0.222 e. The molecule has 1 aliphatic heterocycles. The molecule has 0 radical (unpaired) electrons. The fourth-order valence-corrected chi connectivity index (χ4v) is 4.91. The monoisotopic (exact) mass is 492 g/mol. The second-order valence-electron chi connectivity index (χ2n) is 8.29. The van der Waals surface area contributed by atoms with Gasteiger partial charge >= 0.3 is 0 Å². The molecule has 7 heteroatoms. The molecular formula is C28H30ClFN4O. The molecule has 0 aliphatic carbocycles. The highest BCUT2D eigenvalue weighted by Gasteiger charge is 2.25. The van der Waals surface area contributed by atoms with Gasteiger partial charge in [-0.1, -0.05) is 74.8 Å². The Labute approximate surface area is 210 Å². The summed E-state index contributed by atoms with van der Waals surface area (Å²) >= 11 is 6.71. The van der Waals surface area contributed by atoms with Crippen LogP contribution in [0.2, 0.25) is 5.02 Å². The molecule has 5 rings (SSSR count). The standard InChI is InChI=1S/C26H24ClFN4O.C2H6/c1-3-22(33)31-11-13-32(14-12-31)26-20-15-21(27)23(24(28)25(20)29-16(2)30-26)19-10-6-8-17-7-4-5-9-18(17)19;1-2/h4-10,15H,3,11-14H2,1-2H3;1-2H3. The first-order valence-corrected chi connectivity index (χ1v) is 12.5. The molecule has 0 bridgehead atoms. The van der Waals surface area contributed by atoms with E-state index in [1.807, 2.05) is 68.1 Å². The van der Waals surface area contributed by atoms with E-state index in [4.69, 9.17) is 11.6 Å². The number of aryl methyl sites for hydroxylation is 1. The molecular weight excluding hydrogens is 463 g/mol. The molecule has 182 valence electrons. The number of hydrogen-bond acceptors (Lipinski definition) is 4. The Balaban J connectivity index is 0.00000141. The van der Waals surface area contributed by atoms with Crippen molar-refractivity contribution in [3.05, 3.63) is 65.2 Å². The van der Waals surface area contributed by atoms with Crippen LogP contribution in [0.1, 0.15) is 33.0 Å². The Bertz CT molecular complexity index is 1380. The molecule has 0 saturated carbocycles. The third-order valence-corrected chi connectivity index (χ3v) is 6.57. The predicted octanol–water partition coefficient (Wildman–Crippen LogP) is 6.64. The van der Waals surface area contributed by atoms with Gasteiger partial charge in [0.1, 0.15) is 17.2 Å². The molecule has 1 saturated heterocycles. The van der Waals surface area contributed by atoms with Crippen molar-refractivity contribution in [2.45, 2.75) is 34.1 Å². The molecule has 3 aromatic carbocycles. The summed E-state index contributed by atoms with van der Waals surface area (Å²) in [4.78, 5) is 25.1. The Morgan fingerprint density at radius 3 is 2.40 bits per heavy atom. The zero-order valence-electron chi connectivity index (χ0n) is 20.6. The Hall–Kier alpha value is -3.25. The Morgan fingerprint density at radius 2 is 1.69 bits per heavy atom. The minimum absolute atomic E-state index is 0.146. The fraction of sp³-hybridized carbons (Fsp3) is 0.321. The third-order valence-electron chi connectivity index (χ3n) is 6.27. The van der Waals surface area contributed by atoms with Crippen LogP contribution in [0.15, 0.2) is 48.5 Å². The summed E-state index contributed by atoms with van der Waals surface area (Å²) in [5.74, 6) is 0.855. The second kappa shape index (κ2) is 10.6. The highest BCUT2D eigenvalue weighted by atomic mass is 35.5. The van der Waals surface area contributed by atoms with Gasteiger partial charge in [-0.2, -0.15) is 0 Å². The largest absolute Gasteiger partial charge is 0.352 e. The molecule has 5 nitrogen and oxygen atoms in total. The van der Waals surface area contributed by atoms with Crippen molar-refractivity contribution in [2.24, 2.45) is 0 Å². The van der Waals surface area contributed by atoms with E-state index in [9.17, 15) is 4.79 Å². The van der Waals surface area contributed by atoms with E-state index < -0.39 is 5.82 Å². The molecule has 0 atom stereocenters. The summed E-state index contributed by atoms with van der Waals surface area (Å²) in [6.45, 7) is 10.1. The lowest BCUT2D eigenvalue weighted by Gasteiger charge is -2.36. The average molecular weight is 493 g/mol. The van der Waals surface area contributed by atoms with E-state index in [1.54, 1.807) is 13.0 Å². The normalized spacial score (nSPS) is 13.7.